The van der Waals surface area contributed by atoms with E-state index >= 15 is 0 Å². The minimum absolute atomic E-state index is 0.289. The second kappa shape index (κ2) is 4.77. The minimum atomic E-state index is -0.289. The molecule has 0 saturated heterocycles. The van der Waals surface area contributed by atoms with Crippen LogP contribution in [-0.2, 0) is 4.79 Å². The Morgan fingerprint density at radius 3 is 3.14 bits per heavy atom. The Balaban J connectivity index is 2.87. The maximum atomic E-state index is 11.1. The first kappa shape index (κ1) is 9.93. The topological polar surface area (TPSA) is 65.8 Å². The highest BCUT2D eigenvalue weighted by Gasteiger charge is 2.03. The van der Waals surface area contributed by atoms with Crippen LogP contribution in [0, 0.1) is 11.3 Å². The molecule has 1 heterocycles. The largest absolute Gasteiger partial charge is 0.306 e. The summed E-state index contributed by atoms with van der Waals surface area (Å²) in [5, 5.41) is 11.2. The molecule has 70 valence electrons. The number of nitrogens with zero attached hydrogens (tertiary/aromatic N) is 2. The second-order valence-electron chi connectivity index (χ2n) is 2.50. The molecule has 1 rings (SSSR count). The molecule has 0 fully saturated rings. The molecule has 1 amide bonds. The summed E-state index contributed by atoms with van der Waals surface area (Å²) in [5.41, 5.74) is 0.352. The van der Waals surface area contributed by atoms with Crippen LogP contribution in [0.4, 0.5) is 5.82 Å². The quantitative estimate of drug-likeness (QED) is 0.713. The zero-order chi connectivity index (χ0) is 10.4. The number of carbonyl (C=O) groups is 1. The van der Waals surface area contributed by atoms with Crippen molar-refractivity contribution in [3.05, 3.63) is 36.0 Å². The highest BCUT2D eigenvalue weighted by Crippen LogP contribution is 2.09. The van der Waals surface area contributed by atoms with Gasteiger partial charge in [0.15, 0.2) is 5.82 Å². The van der Waals surface area contributed by atoms with Gasteiger partial charge in [0.2, 0.25) is 5.91 Å². The standard InChI is InChI=1S/C10H9N3O/c1-2-4-9(14)13-10-8(7-11)5-3-6-12-10/h2-6H,1H3,(H,12,13,14)/b4-2+. The molecule has 0 aliphatic rings. The first-order valence-corrected chi connectivity index (χ1v) is 4.06. The lowest BCUT2D eigenvalue weighted by Gasteiger charge is -2.01. The zero-order valence-electron chi connectivity index (χ0n) is 7.69. The molecule has 0 aromatic carbocycles. The number of rotatable bonds is 2. The Morgan fingerprint density at radius 2 is 2.50 bits per heavy atom. The number of pyridine rings is 1. The van der Waals surface area contributed by atoms with Crippen molar-refractivity contribution in [1.29, 1.82) is 5.26 Å². The van der Waals surface area contributed by atoms with Gasteiger partial charge < -0.3 is 5.32 Å². The fraction of sp³-hybridized carbons (Fsp3) is 0.100. The van der Waals surface area contributed by atoms with Crippen LogP contribution in [0.2, 0.25) is 0 Å². The van der Waals surface area contributed by atoms with Gasteiger partial charge in [0.1, 0.15) is 6.07 Å². The molecule has 0 saturated carbocycles. The molecule has 0 radical (unpaired) electrons. The van der Waals surface area contributed by atoms with Crippen LogP contribution in [0.3, 0.4) is 0 Å². The molecule has 0 atom stereocenters. The number of allylic oxidation sites excluding steroid dienone is 1. The monoisotopic (exact) mass is 187 g/mol. The van der Waals surface area contributed by atoms with E-state index in [0.29, 0.717) is 5.56 Å². The van der Waals surface area contributed by atoms with E-state index in [9.17, 15) is 4.79 Å². The average molecular weight is 187 g/mol. The zero-order valence-corrected chi connectivity index (χ0v) is 7.69. The van der Waals surface area contributed by atoms with Crippen LogP contribution < -0.4 is 5.32 Å². The van der Waals surface area contributed by atoms with E-state index in [1.165, 1.54) is 12.3 Å². The van der Waals surface area contributed by atoms with E-state index in [4.69, 9.17) is 5.26 Å². The molecule has 1 aromatic rings. The van der Waals surface area contributed by atoms with Crippen molar-refractivity contribution < 1.29 is 4.79 Å². The fourth-order valence-corrected chi connectivity index (χ4v) is 0.905. The van der Waals surface area contributed by atoms with Crippen LogP contribution in [0.1, 0.15) is 12.5 Å². The highest BCUT2D eigenvalue weighted by molar-refractivity contribution is 5.99. The molecule has 4 nitrogen and oxygen atoms in total. The first-order chi connectivity index (χ1) is 6.77. The molecule has 1 aromatic heterocycles. The minimum Gasteiger partial charge on any atom is -0.306 e. The fourth-order valence-electron chi connectivity index (χ4n) is 0.905. The summed E-state index contributed by atoms with van der Waals surface area (Å²) in [6.07, 6.45) is 4.51. The molecular formula is C10H9N3O. The van der Waals surface area contributed by atoms with Gasteiger partial charge >= 0.3 is 0 Å². The molecular weight excluding hydrogens is 178 g/mol. The summed E-state index contributed by atoms with van der Waals surface area (Å²) in [6, 6.07) is 5.18. The van der Waals surface area contributed by atoms with Crippen molar-refractivity contribution in [3.8, 4) is 6.07 Å². The van der Waals surface area contributed by atoms with Gasteiger partial charge in [-0.1, -0.05) is 6.08 Å². The van der Waals surface area contributed by atoms with Gasteiger partial charge in [0, 0.05) is 6.20 Å². The Labute approximate surface area is 81.9 Å². The van der Waals surface area contributed by atoms with Gasteiger partial charge in [0.25, 0.3) is 0 Å². The second-order valence-corrected chi connectivity index (χ2v) is 2.50. The number of aromatic nitrogens is 1. The van der Waals surface area contributed by atoms with Crippen molar-refractivity contribution in [2.45, 2.75) is 6.92 Å². The predicted octanol–water partition coefficient (Wildman–Crippen LogP) is 1.47. The van der Waals surface area contributed by atoms with Crippen LogP contribution in [0.5, 0.6) is 0 Å². The Morgan fingerprint density at radius 1 is 1.71 bits per heavy atom. The summed E-state index contributed by atoms with van der Waals surface area (Å²) < 4.78 is 0. The third-order valence-electron chi connectivity index (χ3n) is 1.49. The number of anilines is 1. The third-order valence-corrected chi connectivity index (χ3v) is 1.49. The van der Waals surface area contributed by atoms with Crippen LogP contribution in [0.25, 0.3) is 0 Å². The lowest BCUT2D eigenvalue weighted by atomic mass is 10.3. The number of nitrogens with one attached hydrogen (secondary N) is 1. The first-order valence-electron chi connectivity index (χ1n) is 4.06. The maximum absolute atomic E-state index is 11.1. The van der Waals surface area contributed by atoms with Gasteiger partial charge in [-0.2, -0.15) is 5.26 Å². The van der Waals surface area contributed by atoms with Crippen molar-refractivity contribution in [2.75, 3.05) is 5.32 Å². The molecule has 0 unspecified atom stereocenters. The van der Waals surface area contributed by atoms with E-state index in [1.807, 2.05) is 6.07 Å². The van der Waals surface area contributed by atoms with Gasteiger partial charge in [-0.3, -0.25) is 4.79 Å². The van der Waals surface area contributed by atoms with Crippen LogP contribution >= 0.6 is 0 Å². The lowest BCUT2D eigenvalue weighted by Crippen LogP contribution is -2.10. The number of amides is 1. The van der Waals surface area contributed by atoms with Crippen molar-refractivity contribution in [2.24, 2.45) is 0 Å². The summed E-state index contributed by atoms with van der Waals surface area (Å²) in [7, 11) is 0. The molecule has 0 bridgehead atoms. The Kier molecular flexibility index (Phi) is 3.39. The van der Waals surface area contributed by atoms with Gasteiger partial charge in [-0.15, -0.1) is 0 Å². The van der Waals surface area contributed by atoms with E-state index < -0.39 is 0 Å². The molecule has 1 N–H and O–H groups in total. The van der Waals surface area contributed by atoms with E-state index in [2.05, 4.69) is 10.3 Å². The molecule has 0 spiro atoms. The normalized spacial score (nSPS) is 9.71. The van der Waals surface area contributed by atoms with E-state index in [0.717, 1.165) is 0 Å². The SMILES string of the molecule is C/C=C/C(=O)Nc1ncccc1C#N. The van der Waals surface area contributed by atoms with Crippen molar-refractivity contribution in [1.82, 2.24) is 4.98 Å². The van der Waals surface area contributed by atoms with Gasteiger partial charge in [0.05, 0.1) is 5.56 Å². The molecule has 0 aliphatic heterocycles. The van der Waals surface area contributed by atoms with Crippen LogP contribution in [0.15, 0.2) is 30.5 Å². The van der Waals surface area contributed by atoms with Crippen molar-refractivity contribution in [3.63, 3.8) is 0 Å². The number of hydrogen-bond donors (Lipinski definition) is 1. The van der Waals surface area contributed by atoms with E-state index in [-0.39, 0.29) is 11.7 Å². The summed E-state index contributed by atoms with van der Waals surface area (Å²) in [5.74, 6) is 0.000741. The third kappa shape index (κ3) is 2.42. The number of hydrogen-bond acceptors (Lipinski definition) is 3. The number of nitriles is 1. The van der Waals surface area contributed by atoms with Gasteiger partial charge in [-0.25, -0.2) is 4.98 Å². The highest BCUT2D eigenvalue weighted by atomic mass is 16.1. The average Bonchev–Trinajstić information content (AvgIpc) is 2.19. The van der Waals surface area contributed by atoms with Crippen molar-refractivity contribution >= 4 is 11.7 Å². The lowest BCUT2D eigenvalue weighted by molar-refractivity contribution is -0.111. The number of carbonyl (C=O) groups excluding carboxylic acids is 1. The predicted molar refractivity (Wildman–Crippen MR) is 52.4 cm³/mol. The molecule has 4 heteroatoms. The van der Waals surface area contributed by atoms with Gasteiger partial charge in [-0.05, 0) is 25.1 Å². The summed E-state index contributed by atoms with van der Waals surface area (Å²) >= 11 is 0. The van der Waals surface area contributed by atoms with Crippen LogP contribution in [-0.4, -0.2) is 10.9 Å². The Hall–Kier alpha value is -2.15. The summed E-state index contributed by atoms with van der Waals surface area (Å²) in [4.78, 5) is 15.0. The summed E-state index contributed by atoms with van der Waals surface area (Å²) in [6.45, 7) is 1.74. The van der Waals surface area contributed by atoms with E-state index in [1.54, 1.807) is 25.1 Å². The molecule has 14 heavy (non-hydrogen) atoms. The molecule has 0 aliphatic carbocycles. The maximum Gasteiger partial charge on any atom is 0.249 e. The smallest absolute Gasteiger partial charge is 0.249 e. The Bertz CT molecular complexity index is 404.